The molecule has 1 aliphatic carbocycles. The van der Waals surface area contributed by atoms with E-state index in [9.17, 15) is 0 Å². The van der Waals surface area contributed by atoms with Gasteiger partial charge in [-0.3, -0.25) is 15.1 Å². The molecule has 1 saturated carbocycles. The average molecular weight is 268 g/mol. The van der Waals surface area contributed by atoms with E-state index in [1.54, 1.807) is 0 Å². The number of nitrogens with zero attached hydrogens (tertiary/aromatic N) is 2. The van der Waals surface area contributed by atoms with Gasteiger partial charge >= 0.3 is 0 Å². The summed E-state index contributed by atoms with van der Waals surface area (Å²) in [5.74, 6) is 0.878. The lowest BCUT2D eigenvalue weighted by Crippen LogP contribution is -2.66. The predicted octanol–water partition coefficient (Wildman–Crippen LogP) is 1.30. The summed E-state index contributed by atoms with van der Waals surface area (Å²) in [6, 6.07) is 0.754. The van der Waals surface area contributed by atoms with Gasteiger partial charge in [-0.05, 0) is 39.3 Å². The van der Waals surface area contributed by atoms with Gasteiger partial charge in [-0.1, -0.05) is 19.8 Å². The molecule has 1 heterocycles. The van der Waals surface area contributed by atoms with E-state index < -0.39 is 0 Å². The van der Waals surface area contributed by atoms with E-state index in [0.717, 1.165) is 25.0 Å². The standard InChI is InChI=1S/C15H32N4/c1-4-10-19(11-9-16-2)15-17-14-8-6-5-7-13(14)12-18(15)3/h13-17H,4-12H2,1-3H3. The summed E-state index contributed by atoms with van der Waals surface area (Å²) < 4.78 is 0. The third kappa shape index (κ3) is 3.91. The molecule has 2 N–H and O–H groups in total. The third-order valence-corrected chi connectivity index (χ3v) is 4.72. The Morgan fingerprint density at radius 3 is 2.79 bits per heavy atom. The van der Waals surface area contributed by atoms with Crippen LogP contribution in [0.1, 0.15) is 39.0 Å². The van der Waals surface area contributed by atoms with Crippen LogP contribution >= 0.6 is 0 Å². The number of likely N-dealkylation sites (N-methyl/N-ethyl adjacent to an activating group) is 1. The molecule has 2 aliphatic rings. The van der Waals surface area contributed by atoms with Gasteiger partial charge in [0, 0.05) is 32.2 Å². The molecule has 0 aromatic heterocycles. The molecular formula is C15H32N4. The Bertz CT molecular complexity index is 259. The molecule has 112 valence electrons. The van der Waals surface area contributed by atoms with Crippen molar-refractivity contribution in [2.75, 3.05) is 40.3 Å². The van der Waals surface area contributed by atoms with Crippen molar-refractivity contribution in [3.63, 3.8) is 0 Å². The van der Waals surface area contributed by atoms with E-state index in [-0.39, 0.29) is 0 Å². The van der Waals surface area contributed by atoms with E-state index in [2.05, 4.69) is 34.4 Å². The maximum atomic E-state index is 3.92. The molecule has 4 heteroatoms. The second-order valence-corrected chi connectivity index (χ2v) is 6.27. The molecule has 0 bridgehead atoms. The number of nitrogens with one attached hydrogen (secondary N) is 2. The normalized spacial score (nSPS) is 32.5. The van der Waals surface area contributed by atoms with Crippen molar-refractivity contribution in [3.05, 3.63) is 0 Å². The molecule has 3 atom stereocenters. The van der Waals surface area contributed by atoms with Crippen LogP contribution in [0.5, 0.6) is 0 Å². The van der Waals surface area contributed by atoms with Crippen LogP contribution in [0.4, 0.5) is 0 Å². The Balaban J connectivity index is 1.95. The number of hydrogen-bond acceptors (Lipinski definition) is 4. The lowest BCUT2D eigenvalue weighted by atomic mass is 9.83. The zero-order chi connectivity index (χ0) is 13.7. The zero-order valence-corrected chi connectivity index (χ0v) is 13.0. The second kappa shape index (κ2) is 7.58. The molecule has 1 aliphatic heterocycles. The molecule has 0 aromatic rings. The summed E-state index contributed by atoms with van der Waals surface area (Å²) in [5.41, 5.74) is 0. The molecule has 4 nitrogen and oxygen atoms in total. The predicted molar refractivity (Wildman–Crippen MR) is 81.1 cm³/mol. The lowest BCUT2D eigenvalue weighted by Gasteiger charge is -2.49. The van der Waals surface area contributed by atoms with Gasteiger partial charge in [-0.15, -0.1) is 0 Å². The minimum Gasteiger partial charge on any atom is -0.318 e. The molecule has 0 spiro atoms. The first-order valence-electron chi connectivity index (χ1n) is 8.11. The van der Waals surface area contributed by atoms with Crippen LogP contribution in [-0.4, -0.2) is 62.4 Å². The van der Waals surface area contributed by atoms with Crippen LogP contribution in [0.2, 0.25) is 0 Å². The minimum absolute atomic E-state index is 0.438. The SMILES string of the molecule is CCCN(CCNC)C1NC2CCCCC2CN1C. The summed E-state index contributed by atoms with van der Waals surface area (Å²) >= 11 is 0. The molecule has 2 rings (SSSR count). The van der Waals surface area contributed by atoms with Gasteiger partial charge in [0.25, 0.3) is 0 Å². The highest BCUT2D eigenvalue weighted by Gasteiger charge is 2.36. The van der Waals surface area contributed by atoms with Crippen molar-refractivity contribution in [3.8, 4) is 0 Å². The number of hydrogen-bond donors (Lipinski definition) is 2. The van der Waals surface area contributed by atoms with Crippen molar-refractivity contribution < 1.29 is 0 Å². The summed E-state index contributed by atoms with van der Waals surface area (Å²) in [5, 5.41) is 7.20. The van der Waals surface area contributed by atoms with Crippen molar-refractivity contribution in [2.24, 2.45) is 5.92 Å². The first kappa shape index (κ1) is 15.2. The Kier molecular flexibility index (Phi) is 6.07. The van der Waals surface area contributed by atoms with Crippen LogP contribution in [-0.2, 0) is 0 Å². The zero-order valence-electron chi connectivity index (χ0n) is 13.0. The van der Waals surface area contributed by atoms with Gasteiger partial charge in [0.1, 0.15) is 6.29 Å². The highest BCUT2D eigenvalue weighted by molar-refractivity contribution is 4.90. The van der Waals surface area contributed by atoms with E-state index >= 15 is 0 Å². The highest BCUT2D eigenvalue weighted by Crippen LogP contribution is 2.29. The van der Waals surface area contributed by atoms with E-state index in [4.69, 9.17) is 0 Å². The third-order valence-electron chi connectivity index (χ3n) is 4.72. The van der Waals surface area contributed by atoms with Gasteiger partial charge < -0.3 is 5.32 Å². The van der Waals surface area contributed by atoms with Crippen LogP contribution < -0.4 is 10.6 Å². The molecular weight excluding hydrogens is 236 g/mol. The van der Waals surface area contributed by atoms with Crippen molar-refractivity contribution in [1.29, 1.82) is 0 Å². The Hall–Kier alpha value is -0.160. The summed E-state index contributed by atoms with van der Waals surface area (Å²) in [6.07, 6.45) is 7.30. The fourth-order valence-corrected chi connectivity index (χ4v) is 3.72. The number of fused-ring (bicyclic) bond motifs is 1. The van der Waals surface area contributed by atoms with Gasteiger partial charge in [0.05, 0.1) is 0 Å². The molecule has 2 fully saturated rings. The number of rotatable bonds is 6. The van der Waals surface area contributed by atoms with Crippen molar-refractivity contribution in [1.82, 2.24) is 20.4 Å². The van der Waals surface area contributed by atoms with Gasteiger partial charge in [-0.25, -0.2) is 0 Å². The lowest BCUT2D eigenvalue weighted by molar-refractivity contribution is -0.0338. The minimum atomic E-state index is 0.438. The van der Waals surface area contributed by atoms with Crippen molar-refractivity contribution in [2.45, 2.75) is 51.4 Å². The molecule has 1 saturated heterocycles. The summed E-state index contributed by atoms with van der Waals surface area (Å²) in [4.78, 5) is 5.12. The Labute approximate surface area is 118 Å². The molecule has 3 unspecified atom stereocenters. The van der Waals surface area contributed by atoms with Gasteiger partial charge in [-0.2, -0.15) is 0 Å². The quantitative estimate of drug-likeness (QED) is 0.760. The van der Waals surface area contributed by atoms with Crippen molar-refractivity contribution >= 4 is 0 Å². The highest BCUT2D eigenvalue weighted by atomic mass is 15.5. The van der Waals surface area contributed by atoms with E-state index in [1.165, 1.54) is 45.2 Å². The smallest absolute Gasteiger partial charge is 0.117 e. The summed E-state index contributed by atoms with van der Waals surface area (Å²) in [7, 11) is 4.32. The van der Waals surface area contributed by atoms with Crippen LogP contribution in [0.3, 0.4) is 0 Å². The first-order valence-corrected chi connectivity index (χ1v) is 8.11. The fourth-order valence-electron chi connectivity index (χ4n) is 3.72. The maximum absolute atomic E-state index is 3.92. The van der Waals surface area contributed by atoms with Crippen LogP contribution in [0.25, 0.3) is 0 Å². The molecule has 19 heavy (non-hydrogen) atoms. The topological polar surface area (TPSA) is 30.5 Å². The monoisotopic (exact) mass is 268 g/mol. The molecule has 0 aromatic carbocycles. The van der Waals surface area contributed by atoms with E-state index in [1.807, 2.05) is 7.05 Å². The molecule has 0 amide bonds. The maximum Gasteiger partial charge on any atom is 0.117 e. The van der Waals surface area contributed by atoms with Gasteiger partial charge in [0.15, 0.2) is 0 Å². The Morgan fingerprint density at radius 1 is 1.26 bits per heavy atom. The molecule has 0 radical (unpaired) electrons. The summed E-state index contributed by atoms with van der Waals surface area (Å²) in [6.45, 7) is 6.92. The fraction of sp³-hybridized carbons (Fsp3) is 1.00. The van der Waals surface area contributed by atoms with Gasteiger partial charge in [0.2, 0.25) is 0 Å². The largest absolute Gasteiger partial charge is 0.318 e. The van der Waals surface area contributed by atoms with Crippen LogP contribution in [0.15, 0.2) is 0 Å². The van der Waals surface area contributed by atoms with E-state index in [0.29, 0.717) is 6.29 Å². The second-order valence-electron chi connectivity index (χ2n) is 6.27. The first-order chi connectivity index (χ1) is 9.26. The Morgan fingerprint density at radius 2 is 2.05 bits per heavy atom. The average Bonchev–Trinajstić information content (AvgIpc) is 2.43. The van der Waals surface area contributed by atoms with Crippen LogP contribution in [0, 0.1) is 5.92 Å².